The quantitative estimate of drug-likeness (QED) is 0.376. The van der Waals surface area contributed by atoms with Crippen LogP contribution in [0.3, 0.4) is 0 Å². The van der Waals surface area contributed by atoms with Crippen molar-refractivity contribution in [2.45, 2.75) is 53.0 Å². The highest BCUT2D eigenvalue weighted by atomic mass is 32.1. The van der Waals surface area contributed by atoms with Gasteiger partial charge >= 0.3 is 11.9 Å². The molecule has 8 heteroatoms. The molecule has 0 saturated heterocycles. The van der Waals surface area contributed by atoms with E-state index in [0.29, 0.717) is 31.9 Å². The Labute approximate surface area is 219 Å². The van der Waals surface area contributed by atoms with Crippen LogP contribution in [0.25, 0.3) is 6.08 Å². The van der Waals surface area contributed by atoms with Crippen LogP contribution in [0.5, 0.6) is 5.75 Å². The van der Waals surface area contributed by atoms with Crippen LogP contribution in [-0.4, -0.2) is 23.1 Å². The highest BCUT2D eigenvalue weighted by molar-refractivity contribution is 7.07. The first-order chi connectivity index (χ1) is 17.5. The Morgan fingerprint density at radius 3 is 2.30 bits per heavy atom. The van der Waals surface area contributed by atoms with Crippen LogP contribution in [0, 0.1) is 0 Å². The van der Waals surface area contributed by atoms with Gasteiger partial charge in [-0.1, -0.05) is 68.5 Å². The van der Waals surface area contributed by atoms with Gasteiger partial charge in [0.1, 0.15) is 5.75 Å². The van der Waals surface area contributed by atoms with E-state index in [-0.39, 0.29) is 17.6 Å². The third-order valence-corrected chi connectivity index (χ3v) is 7.03. The van der Waals surface area contributed by atoms with Crippen molar-refractivity contribution in [2.24, 2.45) is 4.99 Å². The van der Waals surface area contributed by atoms with E-state index in [1.165, 1.54) is 23.8 Å². The third kappa shape index (κ3) is 5.49. The largest absolute Gasteiger partial charge is 0.463 e. The number of aromatic nitrogens is 1. The molecule has 0 N–H and O–H groups in total. The number of hydrogen-bond acceptors (Lipinski definition) is 7. The van der Waals surface area contributed by atoms with Gasteiger partial charge in [-0.25, -0.2) is 9.79 Å². The van der Waals surface area contributed by atoms with Crippen molar-refractivity contribution in [3.63, 3.8) is 0 Å². The molecular weight excluding hydrogens is 488 g/mol. The number of esters is 2. The topological polar surface area (TPSA) is 87.0 Å². The fourth-order valence-corrected chi connectivity index (χ4v) is 5.27. The van der Waals surface area contributed by atoms with Gasteiger partial charge in [0.15, 0.2) is 4.80 Å². The average Bonchev–Trinajstić information content (AvgIpc) is 3.12. The maximum absolute atomic E-state index is 13.7. The number of hydrogen-bond donors (Lipinski definition) is 0. The first-order valence-corrected chi connectivity index (χ1v) is 12.9. The summed E-state index contributed by atoms with van der Waals surface area (Å²) >= 11 is 1.28. The Bertz CT molecular complexity index is 1550. The van der Waals surface area contributed by atoms with Gasteiger partial charge in [0.05, 0.1) is 28.5 Å². The minimum absolute atomic E-state index is 0.0316. The van der Waals surface area contributed by atoms with Crippen molar-refractivity contribution in [2.75, 3.05) is 6.61 Å². The number of thiazole rings is 1. The Kier molecular flexibility index (Phi) is 7.32. The molecule has 1 aliphatic rings. The molecule has 37 heavy (non-hydrogen) atoms. The van der Waals surface area contributed by atoms with Gasteiger partial charge < -0.3 is 9.47 Å². The summed E-state index contributed by atoms with van der Waals surface area (Å²) in [6.07, 6.45) is 1.85. The van der Waals surface area contributed by atoms with Crippen LogP contribution in [0.1, 0.15) is 64.3 Å². The predicted octanol–water partition coefficient (Wildman–Crippen LogP) is 4.02. The second kappa shape index (κ2) is 10.3. The van der Waals surface area contributed by atoms with Gasteiger partial charge in [0.2, 0.25) is 0 Å². The maximum Gasteiger partial charge on any atom is 0.338 e. The fraction of sp³-hybridized carbons (Fsp3) is 0.310. The fourth-order valence-electron chi connectivity index (χ4n) is 4.22. The molecule has 3 aromatic rings. The zero-order valence-corrected chi connectivity index (χ0v) is 22.6. The van der Waals surface area contributed by atoms with Crippen molar-refractivity contribution in [3.8, 4) is 5.75 Å². The Morgan fingerprint density at radius 1 is 1.08 bits per heavy atom. The Balaban J connectivity index is 1.86. The third-order valence-electron chi connectivity index (χ3n) is 6.05. The summed E-state index contributed by atoms with van der Waals surface area (Å²) in [5.41, 5.74) is 3.37. The predicted molar refractivity (Wildman–Crippen MR) is 143 cm³/mol. The normalized spacial score (nSPS) is 15.7. The Hall–Kier alpha value is -3.78. The maximum atomic E-state index is 13.7. The number of carbonyl (C=O) groups excluding carboxylic acids is 2. The molecular formula is C29H30N2O5S. The van der Waals surface area contributed by atoms with E-state index in [1.807, 2.05) is 18.2 Å². The van der Waals surface area contributed by atoms with Crippen LogP contribution in [0.2, 0.25) is 0 Å². The van der Waals surface area contributed by atoms with Crippen LogP contribution in [0.4, 0.5) is 0 Å². The summed E-state index contributed by atoms with van der Waals surface area (Å²) in [6, 6.07) is 14.2. The van der Waals surface area contributed by atoms with Gasteiger partial charge in [0.25, 0.3) is 5.56 Å². The van der Waals surface area contributed by atoms with Crippen LogP contribution < -0.4 is 19.6 Å². The lowest BCUT2D eigenvalue weighted by molar-refractivity contribution is -0.139. The molecule has 192 valence electrons. The molecule has 0 fully saturated rings. The monoisotopic (exact) mass is 518 g/mol. The molecule has 1 aromatic heterocycles. The highest BCUT2D eigenvalue weighted by Gasteiger charge is 2.33. The molecule has 4 rings (SSSR count). The number of nitrogens with zero attached hydrogens (tertiary/aromatic N) is 2. The van der Waals surface area contributed by atoms with Gasteiger partial charge in [0, 0.05) is 6.92 Å². The van der Waals surface area contributed by atoms with E-state index in [1.54, 1.807) is 42.7 Å². The van der Waals surface area contributed by atoms with E-state index in [2.05, 4.69) is 37.9 Å². The molecule has 7 nitrogen and oxygen atoms in total. The lowest BCUT2D eigenvalue weighted by Gasteiger charge is -2.24. The molecule has 0 aliphatic carbocycles. The number of benzene rings is 2. The summed E-state index contributed by atoms with van der Waals surface area (Å²) in [4.78, 5) is 43.2. The minimum Gasteiger partial charge on any atom is -0.463 e. The van der Waals surface area contributed by atoms with Gasteiger partial charge in [-0.3, -0.25) is 14.2 Å². The van der Waals surface area contributed by atoms with Crippen LogP contribution in [-0.2, 0) is 19.7 Å². The van der Waals surface area contributed by atoms with E-state index >= 15 is 0 Å². The van der Waals surface area contributed by atoms with Crippen LogP contribution >= 0.6 is 11.3 Å². The van der Waals surface area contributed by atoms with Crippen molar-refractivity contribution in [1.29, 1.82) is 0 Å². The Morgan fingerprint density at radius 2 is 1.73 bits per heavy atom. The lowest BCUT2D eigenvalue weighted by Crippen LogP contribution is -2.39. The number of fused-ring (bicyclic) bond motifs is 1. The lowest BCUT2D eigenvalue weighted by atomic mass is 9.87. The van der Waals surface area contributed by atoms with Gasteiger partial charge in [-0.05, 0) is 54.2 Å². The first kappa shape index (κ1) is 26.3. The minimum atomic E-state index is -0.730. The van der Waals surface area contributed by atoms with Gasteiger partial charge in [-0.2, -0.15) is 0 Å². The van der Waals surface area contributed by atoms with Crippen LogP contribution in [0.15, 0.2) is 69.6 Å². The molecule has 2 aromatic carbocycles. The molecule has 1 atom stereocenters. The smallest absolute Gasteiger partial charge is 0.338 e. The SMILES string of the molecule is CCOC(=O)C1=C(C)N=c2s/c(=C\c3ccc(C(C)(C)C)cc3)c(=O)n2[C@H]1c1ccc(OC(C)=O)cc1. The summed E-state index contributed by atoms with van der Waals surface area (Å²) in [7, 11) is 0. The number of ether oxygens (including phenoxy) is 2. The average molecular weight is 519 g/mol. The van der Waals surface area contributed by atoms with Crippen molar-refractivity contribution >= 4 is 29.4 Å². The summed E-state index contributed by atoms with van der Waals surface area (Å²) in [5.74, 6) is -0.579. The summed E-state index contributed by atoms with van der Waals surface area (Å²) in [6.45, 7) is 11.5. The van der Waals surface area contributed by atoms with Gasteiger partial charge in [-0.15, -0.1) is 0 Å². The number of allylic oxidation sites excluding steroid dienone is 1. The molecule has 1 aliphatic heterocycles. The molecule has 0 unspecified atom stereocenters. The van der Waals surface area contributed by atoms with E-state index in [4.69, 9.17) is 9.47 Å². The van der Waals surface area contributed by atoms with Crippen molar-refractivity contribution in [3.05, 3.63) is 96.2 Å². The van der Waals surface area contributed by atoms with Crippen molar-refractivity contribution in [1.82, 2.24) is 4.57 Å². The molecule has 0 spiro atoms. The van der Waals surface area contributed by atoms with E-state index < -0.39 is 18.0 Å². The number of rotatable bonds is 5. The van der Waals surface area contributed by atoms with Crippen molar-refractivity contribution < 1.29 is 19.1 Å². The summed E-state index contributed by atoms with van der Waals surface area (Å²) in [5, 5.41) is 0. The second-order valence-corrected chi connectivity index (χ2v) is 10.8. The molecule has 0 bridgehead atoms. The standard InChI is InChI=1S/C29H30N2O5S/c1-7-35-27(34)24-17(2)30-28-31(25(24)20-10-14-22(15-11-20)36-18(3)32)26(33)23(37-28)16-19-8-12-21(13-9-19)29(4,5)6/h8-16,25H,7H2,1-6H3/b23-16-/t25-/m0/s1. The van der Waals surface area contributed by atoms with E-state index in [0.717, 1.165) is 5.56 Å². The molecule has 0 radical (unpaired) electrons. The molecule has 0 amide bonds. The van der Waals surface area contributed by atoms with E-state index in [9.17, 15) is 14.4 Å². The summed E-state index contributed by atoms with van der Waals surface area (Å²) < 4.78 is 12.5. The highest BCUT2D eigenvalue weighted by Crippen LogP contribution is 2.31. The second-order valence-electron chi connectivity index (χ2n) is 9.84. The zero-order valence-electron chi connectivity index (χ0n) is 21.8. The number of carbonyl (C=O) groups is 2. The zero-order chi connectivity index (χ0) is 26.9. The molecule has 2 heterocycles. The first-order valence-electron chi connectivity index (χ1n) is 12.1. The molecule has 0 saturated carbocycles.